The normalized spacial score (nSPS) is 15.0. The Morgan fingerprint density at radius 3 is 2.35 bits per heavy atom. The smallest absolute Gasteiger partial charge is 0.338 e. The van der Waals surface area contributed by atoms with E-state index in [-0.39, 0.29) is 11.8 Å². The number of aldehydes is 1. The van der Waals surface area contributed by atoms with Gasteiger partial charge in [0.05, 0.1) is 19.3 Å². The molecule has 0 radical (unpaired) electrons. The second-order valence-corrected chi connectivity index (χ2v) is 3.98. The van der Waals surface area contributed by atoms with Gasteiger partial charge in [0.2, 0.25) is 0 Å². The number of ether oxygens (including phenoxy) is 2. The summed E-state index contributed by atoms with van der Waals surface area (Å²) in [6, 6.07) is 5.92. The predicted molar refractivity (Wildman–Crippen MR) is 67.4 cm³/mol. The lowest BCUT2D eigenvalue weighted by Crippen LogP contribution is -2.42. The summed E-state index contributed by atoms with van der Waals surface area (Å²) in [5.74, 6) is -0.293. The van der Waals surface area contributed by atoms with Gasteiger partial charge in [-0.2, -0.15) is 0 Å². The first-order valence-electron chi connectivity index (χ1n) is 5.80. The molecule has 3 N–H and O–H groups in total. The molecule has 7 heteroatoms. The first-order chi connectivity index (χ1) is 9.53. The van der Waals surface area contributed by atoms with E-state index in [0.29, 0.717) is 5.75 Å². The minimum Gasteiger partial charge on any atom is -0.497 e. The van der Waals surface area contributed by atoms with Crippen molar-refractivity contribution in [2.45, 2.75) is 18.3 Å². The molecule has 7 nitrogen and oxygen atoms in total. The van der Waals surface area contributed by atoms with Crippen LogP contribution in [0.1, 0.15) is 10.4 Å². The van der Waals surface area contributed by atoms with Gasteiger partial charge in [0.15, 0.2) is 12.4 Å². The number of carbonyl (C=O) groups excluding carboxylic acids is 2. The zero-order valence-corrected chi connectivity index (χ0v) is 10.8. The Bertz CT molecular complexity index is 443. The van der Waals surface area contributed by atoms with Crippen LogP contribution in [-0.4, -0.2) is 59.6 Å². The number of aliphatic hydroxyl groups is 3. The van der Waals surface area contributed by atoms with Crippen LogP contribution in [0.3, 0.4) is 0 Å². The molecule has 0 aliphatic heterocycles. The lowest BCUT2D eigenvalue weighted by Gasteiger charge is -2.21. The van der Waals surface area contributed by atoms with Gasteiger partial charge in [-0.15, -0.1) is 0 Å². The average Bonchev–Trinajstić information content (AvgIpc) is 2.50. The zero-order chi connectivity index (χ0) is 15.1. The van der Waals surface area contributed by atoms with Crippen molar-refractivity contribution >= 4 is 12.3 Å². The van der Waals surface area contributed by atoms with Gasteiger partial charge in [-0.05, 0) is 24.3 Å². The Hall–Kier alpha value is -1.96. The van der Waals surface area contributed by atoms with E-state index in [0.717, 1.165) is 0 Å². The van der Waals surface area contributed by atoms with Crippen LogP contribution in [0, 0.1) is 0 Å². The highest BCUT2D eigenvalue weighted by atomic mass is 16.6. The maximum Gasteiger partial charge on any atom is 0.338 e. The first kappa shape index (κ1) is 16.1. The number of benzene rings is 1. The van der Waals surface area contributed by atoms with Crippen molar-refractivity contribution in [3.8, 4) is 5.75 Å². The Morgan fingerprint density at radius 1 is 1.30 bits per heavy atom. The molecular weight excluding hydrogens is 268 g/mol. The van der Waals surface area contributed by atoms with E-state index < -0.39 is 30.9 Å². The van der Waals surface area contributed by atoms with Crippen molar-refractivity contribution in [3.63, 3.8) is 0 Å². The van der Waals surface area contributed by atoms with Crippen LogP contribution >= 0.6 is 0 Å². The minimum absolute atomic E-state index is 0.156. The number of hydrogen-bond acceptors (Lipinski definition) is 7. The minimum atomic E-state index is -1.69. The summed E-state index contributed by atoms with van der Waals surface area (Å²) in [5, 5.41) is 27.4. The molecule has 0 aliphatic rings. The molecule has 0 saturated heterocycles. The maximum atomic E-state index is 11.8. The second kappa shape index (κ2) is 7.59. The fourth-order valence-electron chi connectivity index (χ4n) is 1.42. The molecule has 0 spiro atoms. The fraction of sp³-hybridized carbons (Fsp3) is 0.385. The Kier molecular flexibility index (Phi) is 6.10. The van der Waals surface area contributed by atoms with Gasteiger partial charge in [-0.1, -0.05) is 0 Å². The topological polar surface area (TPSA) is 113 Å². The van der Waals surface area contributed by atoms with Crippen LogP contribution < -0.4 is 4.74 Å². The molecule has 1 rings (SSSR count). The first-order valence-corrected chi connectivity index (χ1v) is 5.80. The van der Waals surface area contributed by atoms with Gasteiger partial charge in [-0.3, -0.25) is 4.79 Å². The molecule has 0 unspecified atom stereocenters. The van der Waals surface area contributed by atoms with E-state index in [4.69, 9.17) is 14.6 Å². The fourth-order valence-corrected chi connectivity index (χ4v) is 1.42. The second-order valence-electron chi connectivity index (χ2n) is 3.98. The summed E-state index contributed by atoms with van der Waals surface area (Å²) in [7, 11) is 1.47. The zero-order valence-electron chi connectivity index (χ0n) is 10.8. The molecule has 0 heterocycles. The molecule has 110 valence electrons. The molecular formula is C13H16O7. The summed E-state index contributed by atoms with van der Waals surface area (Å²) < 4.78 is 9.70. The van der Waals surface area contributed by atoms with Crippen LogP contribution in [0.25, 0.3) is 0 Å². The molecule has 0 aliphatic carbocycles. The van der Waals surface area contributed by atoms with Gasteiger partial charge >= 0.3 is 5.97 Å². The van der Waals surface area contributed by atoms with E-state index in [2.05, 4.69) is 0 Å². The van der Waals surface area contributed by atoms with Crippen molar-refractivity contribution < 1.29 is 34.4 Å². The van der Waals surface area contributed by atoms with Crippen LogP contribution in [-0.2, 0) is 9.53 Å². The Morgan fingerprint density at radius 2 is 1.90 bits per heavy atom. The number of hydrogen-bond donors (Lipinski definition) is 3. The molecule has 0 amide bonds. The number of methoxy groups -OCH3 is 1. The van der Waals surface area contributed by atoms with Gasteiger partial charge in [0.25, 0.3) is 0 Å². The monoisotopic (exact) mass is 284 g/mol. The van der Waals surface area contributed by atoms with Gasteiger partial charge < -0.3 is 24.8 Å². The molecule has 0 aromatic heterocycles. The van der Waals surface area contributed by atoms with Gasteiger partial charge in [0, 0.05) is 0 Å². The highest BCUT2D eigenvalue weighted by molar-refractivity contribution is 5.90. The van der Waals surface area contributed by atoms with Crippen molar-refractivity contribution in [3.05, 3.63) is 29.8 Å². The maximum absolute atomic E-state index is 11.8. The van der Waals surface area contributed by atoms with E-state index in [1.165, 1.54) is 31.4 Å². The summed E-state index contributed by atoms with van der Waals surface area (Å²) in [6.07, 6.45) is -4.65. The quantitative estimate of drug-likeness (QED) is 0.440. The van der Waals surface area contributed by atoms with E-state index in [9.17, 15) is 19.8 Å². The summed E-state index contributed by atoms with van der Waals surface area (Å²) in [5.41, 5.74) is 0.156. The van der Waals surface area contributed by atoms with Crippen LogP contribution in [0.4, 0.5) is 0 Å². The van der Waals surface area contributed by atoms with E-state index in [1.807, 2.05) is 0 Å². The SMILES string of the molecule is COc1ccc(C(=O)O[C@@H](C=O)[C@@H](O)[C@H](O)CO)cc1. The van der Waals surface area contributed by atoms with Crippen LogP contribution in [0.5, 0.6) is 5.75 Å². The lowest BCUT2D eigenvalue weighted by atomic mass is 10.1. The lowest BCUT2D eigenvalue weighted by molar-refractivity contribution is -0.129. The third kappa shape index (κ3) is 4.02. The van der Waals surface area contributed by atoms with E-state index >= 15 is 0 Å². The molecule has 1 aromatic carbocycles. The summed E-state index contributed by atoms with van der Waals surface area (Å²) >= 11 is 0. The van der Waals surface area contributed by atoms with E-state index in [1.54, 1.807) is 0 Å². The molecule has 0 bridgehead atoms. The van der Waals surface area contributed by atoms with Crippen molar-refractivity contribution in [2.75, 3.05) is 13.7 Å². The third-order valence-corrected chi connectivity index (χ3v) is 2.62. The number of carbonyl (C=O) groups is 2. The molecule has 3 atom stereocenters. The van der Waals surface area contributed by atoms with Gasteiger partial charge in [-0.25, -0.2) is 4.79 Å². The number of rotatable bonds is 7. The largest absolute Gasteiger partial charge is 0.497 e. The predicted octanol–water partition coefficient (Wildman–Crippen LogP) is -0.866. The van der Waals surface area contributed by atoms with Gasteiger partial charge in [0.1, 0.15) is 18.0 Å². The number of esters is 1. The molecule has 1 aromatic rings. The average molecular weight is 284 g/mol. The third-order valence-electron chi connectivity index (χ3n) is 2.62. The van der Waals surface area contributed by atoms with Crippen molar-refractivity contribution in [2.24, 2.45) is 0 Å². The number of aliphatic hydroxyl groups excluding tert-OH is 3. The van der Waals surface area contributed by atoms with Crippen molar-refractivity contribution in [1.82, 2.24) is 0 Å². The Labute approximate surface area is 115 Å². The molecule has 20 heavy (non-hydrogen) atoms. The van der Waals surface area contributed by atoms with Crippen LogP contribution in [0.15, 0.2) is 24.3 Å². The highest BCUT2D eigenvalue weighted by Gasteiger charge is 2.29. The highest BCUT2D eigenvalue weighted by Crippen LogP contribution is 2.13. The Balaban J connectivity index is 2.73. The van der Waals surface area contributed by atoms with Crippen LogP contribution in [0.2, 0.25) is 0 Å². The standard InChI is InChI=1S/C13H16O7/c1-19-9-4-2-8(3-5-9)13(18)20-11(7-15)12(17)10(16)6-14/h2-5,7,10-12,14,16-17H,6H2,1H3/t10-,11+,12+/m1/s1. The molecule has 0 fully saturated rings. The molecule has 0 saturated carbocycles. The summed E-state index contributed by atoms with van der Waals surface area (Å²) in [4.78, 5) is 22.5. The summed E-state index contributed by atoms with van der Waals surface area (Å²) in [6.45, 7) is -0.758. The van der Waals surface area contributed by atoms with Crippen molar-refractivity contribution in [1.29, 1.82) is 0 Å².